The number of alkyl halides is 3. The summed E-state index contributed by atoms with van der Waals surface area (Å²) in [6.07, 6.45) is -0.756. The summed E-state index contributed by atoms with van der Waals surface area (Å²) in [5.41, 5.74) is 5.43. The van der Waals surface area contributed by atoms with Crippen LogP contribution in [0.3, 0.4) is 0 Å². The zero-order chi connectivity index (χ0) is 63.8. The molecule has 0 unspecified atom stereocenters. The number of aryl methyl sites for hydroxylation is 1. The monoisotopic (exact) mass is 1310 g/mol. The van der Waals surface area contributed by atoms with E-state index in [1.165, 1.54) is 69.1 Å². The normalized spacial score (nSPS) is 14.9. The third kappa shape index (κ3) is 16.4. The van der Waals surface area contributed by atoms with Gasteiger partial charge in [-0.3, -0.25) is 38.8 Å². The van der Waals surface area contributed by atoms with Gasteiger partial charge in [0.25, 0.3) is 0 Å². The lowest BCUT2D eigenvalue weighted by Crippen LogP contribution is -2.36. The topological polar surface area (TPSA) is 191 Å². The van der Waals surface area contributed by atoms with Crippen molar-refractivity contribution in [3.8, 4) is 28.7 Å². The lowest BCUT2D eigenvalue weighted by molar-refractivity contribution is -0.274. The molecule has 0 amide bonds. The largest absolute Gasteiger partial charge is 0.573 e. The summed E-state index contributed by atoms with van der Waals surface area (Å²) in [7, 11) is 0. The number of aromatic nitrogens is 4. The summed E-state index contributed by atoms with van der Waals surface area (Å²) < 4.78 is 74.2. The van der Waals surface area contributed by atoms with Gasteiger partial charge in [-0.05, 0) is 58.5 Å². The summed E-state index contributed by atoms with van der Waals surface area (Å²) >= 11 is 24.5. The van der Waals surface area contributed by atoms with Crippen molar-refractivity contribution < 1.29 is 47.1 Å². The molecule has 0 fully saturated rings. The third-order valence-electron chi connectivity index (χ3n) is 15.5. The Kier molecular flexibility index (Phi) is 21.3. The van der Waals surface area contributed by atoms with Crippen LogP contribution in [0.15, 0.2) is 141 Å². The number of ether oxygens (including phenoxy) is 1. The SMILES string of the molecule is CCc1ccc(CN2CCn3cc(O)c(=O)c(Cl)c3C2)cc1.O=c1c(O)cn2c(c1Cl)CN(Cc1ccccc1Cl)CC2.O=c1cc2n(c(F)c1O)CCN(Cc1ccc(OC(F)(F)F)cc1)C2.O=c1cc2n(c(F)c1O)CCN(Cc1ccccc1Cl)C2. The van der Waals surface area contributed by atoms with Crippen LogP contribution in [-0.2, 0) is 85.0 Å². The van der Waals surface area contributed by atoms with E-state index in [9.17, 15) is 61.6 Å². The lowest BCUT2D eigenvalue weighted by atomic mass is 10.1. The lowest BCUT2D eigenvalue weighted by Gasteiger charge is -2.31. The molecular formula is C63H61Cl4F5N8O9. The second-order valence-electron chi connectivity index (χ2n) is 21.6. The second kappa shape index (κ2) is 28.9. The third-order valence-corrected chi connectivity index (χ3v) is 17.0. The maximum Gasteiger partial charge on any atom is 0.573 e. The van der Waals surface area contributed by atoms with E-state index in [4.69, 9.17) is 46.4 Å². The number of nitrogens with zero attached hydrogens (tertiary/aromatic N) is 8. The smallest absolute Gasteiger partial charge is 0.503 e. The van der Waals surface area contributed by atoms with Crippen molar-refractivity contribution in [1.29, 1.82) is 0 Å². The molecular weight excluding hydrogens is 1250 g/mol. The Hall–Kier alpha value is -7.67. The molecule has 0 atom stereocenters. The summed E-state index contributed by atoms with van der Waals surface area (Å²) in [4.78, 5) is 54.9. The van der Waals surface area contributed by atoms with Crippen LogP contribution in [0.4, 0.5) is 22.0 Å². The predicted molar refractivity (Wildman–Crippen MR) is 328 cm³/mol. The number of hydrogen-bond donors (Lipinski definition) is 4. The van der Waals surface area contributed by atoms with Gasteiger partial charge in [0.15, 0.2) is 11.5 Å². The zero-order valence-corrected chi connectivity index (χ0v) is 50.9. The van der Waals surface area contributed by atoms with E-state index in [0.717, 1.165) is 65.7 Å². The van der Waals surface area contributed by atoms with Crippen LogP contribution in [0.5, 0.6) is 28.7 Å². The number of benzene rings is 4. The van der Waals surface area contributed by atoms with Crippen molar-refractivity contribution in [2.24, 2.45) is 0 Å². The zero-order valence-electron chi connectivity index (χ0n) is 47.9. The van der Waals surface area contributed by atoms with Gasteiger partial charge < -0.3 is 43.4 Å². The van der Waals surface area contributed by atoms with Crippen LogP contribution in [0.25, 0.3) is 0 Å². The molecule has 0 radical (unpaired) electrons. The molecule has 26 heteroatoms. The Morgan fingerprint density at radius 3 is 1.27 bits per heavy atom. The summed E-state index contributed by atoms with van der Waals surface area (Å²) in [6, 6.07) is 31.8. The molecule has 0 bridgehead atoms. The van der Waals surface area contributed by atoms with Crippen LogP contribution in [-0.4, -0.2) is 90.8 Å². The highest BCUT2D eigenvalue weighted by atomic mass is 35.5. The molecule has 0 aliphatic carbocycles. The first-order valence-corrected chi connectivity index (χ1v) is 29.7. The van der Waals surface area contributed by atoms with Gasteiger partial charge in [-0.1, -0.05) is 126 Å². The van der Waals surface area contributed by atoms with Gasteiger partial charge in [0.1, 0.15) is 15.8 Å². The number of halogens is 9. The fourth-order valence-corrected chi connectivity index (χ4v) is 11.6. The molecule has 4 N–H and O–H groups in total. The minimum atomic E-state index is -4.74. The highest BCUT2D eigenvalue weighted by molar-refractivity contribution is 6.32. The van der Waals surface area contributed by atoms with Crippen LogP contribution in [0.2, 0.25) is 20.1 Å². The second-order valence-corrected chi connectivity index (χ2v) is 23.1. The number of rotatable bonds is 10. The first-order chi connectivity index (χ1) is 42.4. The maximum absolute atomic E-state index is 13.9. The van der Waals surface area contributed by atoms with E-state index < -0.39 is 51.5 Å². The highest BCUT2D eigenvalue weighted by Crippen LogP contribution is 2.29. The van der Waals surface area contributed by atoms with Crippen LogP contribution < -0.4 is 26.5 Å². The molecule has 12 rings (SSSR count). The van der Waals surface area contributed by atoms with Gasteiger partial charge in [-0.15, -0.1) is 13.2 Å². The van der Waals surface area contributed by atoms with E-state index in [0.29, 0.717) is 81.9 Å². The van der Waals surface area contributed by atoms with E-state index in [2.05, 4.69) is 50.6 Å². The Labute approximate surface area is 526 Å². The Balaban J connectivity index is 0.000000141. The minimum Gasteiger partial charge on any atom is -0.503 e. The molecule has 0 saturated carbocycles. The number of hydrogen-bond acceptors (Lipinski definition) is 13. The van der Waals surface area contributed by atoms with Crippen molar-refractivity contribution in [2.45, 2.75) is 98.2 Å². The molecule has 4 aromatic heterocycles. The standard InChI is InChI=1S/C17H19ClN2O2.C16H14F4N2O3.C15H14Cl2N2O2.C15H14ClFN2O2/c1-2-12-3-5-13(6-4-12)9-19-7-8-20-11-15(21)17(22)16(18)14(20)10-19;17-15-14(24)13(23)7-11-9-21(5-6-22(11)15)8-10-1-3-12(4-2-10)25-16(18,19)20;16-11-4-2-1-3-10(11)7-18-5-6-19-9-13(20)15(21)14(17)12(19)8-18;16-12-4-2-1-3-10(12)8-18-5-6-19-11(9-18)7-13(20)14(21)15(19)17/h3-6,11,21H,2,7-10H2,1H3;1-4,7,24H,5-6,8-9H2;1-4,9,20H,5-8H2;1-4,7,21H,5-6,8-9H2. The minimum absolute atomic E-state index is 0.0962. The number of aromatic hydroxyl groups is 4. The predicted octanol–water partition coefficient (Wildman–Crippen LogP) is 10.6. The number of pyridine rings is 4. The van der Waals surface area contributed by atoms with E-state index >= 15 is 0 Å². The highest BCUT2D eigenvalue weighted by Gasteiger charge is 2.31. The quantitative estimate of drug-likeness (QED) is 0.0748. The van der Waals surface area contributed by atoms with Crippen LogP contribution in [0.1, 0.15) is 57.5 Å². The molecule has 0 spiro atoms. The van der Waals surface area contributed by atoms with E-state index in [1.54, 1.807) is 0 Å². The van der Waals surface area contributed by atoms with Gasteiger partial charge in [0.2, 0.25) is 45.1 Å². The van der Waals surface area contributed by atoms with Crippen molar-refractivity contribution >= 4 is 46.4 Å². The summed E-state index contributed by atoms with van der Waals surface area (Å²) in [5.74, 6) is -4.38. The van der Waals surface area contributed by atoms with Crippen molar-refractivity contribution in [3.63, 3.8) is 0 Å². The first-order valence-electron chi connectivity index (χ1n) is 28.2. The van der Waals surface area contributed by atoms with Crippen LogP contribution in [0, 0.1) is 11.9 Å². The summed E-state index contributed by atoms with van der Waals surface area (Å²) in [5, 5.41) is 39.5. The Morgan fingerprint density at radius 2 is 0.854 bits per heavy atom. The fraction of sp³-hybridized carbons (Fsp3) is 0.302. The molecule has 89 heavy (non-hydrogen) atoms. The fourth-order valence-electron chi connectivity index (χ4n) is 10.7. The Morgan fingerprint density at radius 1 is 0.483 bits per heavy atom. The number of fused-ring (bicyclic) bond motifs is 4. The van der Waals surface area contributed by atoms with E-state index in [1.807, 2.05) is 62.6 Å². The molecule has 4 aliphatic rings. The molecule has 8 heterocycles. The molecule has 470 valence electrons. The average molecular weight is 1310 g/mol. The van der Waals surface area contributed by atoms with Crippen molar-refractivity contribution in [1.82, 2.24) is 37.9 Å². The van der Waals surface area contributed by atoms with Gasteiger partial charge in [-0.25, -0.2) is 0 Å². The molecule has 4 aliphatic heterocycles. The van der Waals surface area contributed by atoms with E-state index in [-0.39, 0.29) is 40.4 Å². The molecule has 17 nitrogen and oxygen atoms in total. The van der Waals surface area contributed by atoms with Gasteiger partial charge >= 0.3 is 6.36 Å². The first kappa shape index (κ1) is 65.8. The molecule has 4 aromatic carbocycles. The Bertz CT molecular complexity index is 4110. The van der Waals surface area contributed by atoms with Gasteiger partial charge in [-0.2, -0.15) is 8.78 Å². The van der Waals surface area contributed by atoms with Gasteiger partial charge in [0.05, 0.1) is 23.8 Å². The summed E-state index contributed by atoms with van der Waals surface area (Å²) in [6.45, 7) is 11.4. The molecule has 8 aromatic rings. The van der Waals surface area contributed by atoms with Crippen molar-refractivity contribution in [2.75, 3.05) is 26.2 Å². The van der Waals surface area contributed by atoms with Gasteiger partial charge in [0, 0.05) is 138 Å². The average Bonchev–Trinajstić information content (AvgIpc) is 1.65. The van der Waals surface area contributed by atoms with Crippen LogP contribution >= 0.6 is 46.4 Å². The molecule has 0 saturated heterocycles. The maximum atomic E-state index is 13.9. The van der Waals surface area contributed by atoms with Crippen molar-refractivity contribution in [3.05, 3.63) is 245 Å².